The molecular formula is C15H18N2OS. The van der Waals surface area contributed by atoms with Crippen molar-refractivity contribution in [2.24, 2.45) is 0 Å². The van der Waals surface area contributed by atoms with Gasteiger partial charge in [0.25, 0.3) is 0 Å². The number of rotatable bonds is 6. The van der Waals surface area contributed by atoms with Crippen LogP contribution in [0.15, 0.2) is 49.6 Å². The first-order valence-electron chi connectivity index (χ1n) is 5.97. The van der Waals surface area contributed by atoms with Crippen LogP contribution >= 0.6 is 12.2 Å². The monoisotopic (exact) mass is 274 g/mol. The molecule has 0 spiro atoms. The van der Waals surface area contributed by atoms with Gasteiger partial charge in [-0.3, -0.25) is 4.79 Å². The van der Waals surface area contributed by atoms with E-state index in [4.69, 9.17) is 12.2 Å². The Balaban J connectivity index is 2.71. The zero-order chi connectivity index (χ0) is 14.3. The predicted octanol–water partition coefficient (Wildman–Crippen LogP) is 3.26. The number of Topliss-reactive ketones (excluding diaryl/α,β-unsaturated/α-hetero) is 1. The van der Waals surface area contributed by atoms with Gasteiger partial charge in [-0.1, -0.05) is 12.2 Å². The summed E-state index contributed by atoms with van der Waals surface area (Å²) in [4.78, 5) is 13.1. The Morgan fingerprint density at radius 1 is 1.26 bits per heavy atom. The number of hydrogen-bond donors (Lipinski definition) is 1. The Morgan fingerprint density at radius 2 is 1.79 bits per heavy atom. The average Bonchev–Trinajstić information content (AvgIpc) is 2.39. The van der Waals surface area contributed by atoms with Gasteiger partial charge in [0.05, 0.1) is 0 Å². The summed E-state index contributed by atoms with van der Waals surface area (Å²) in [6.45, 7) is 10.3. The molecule has 3 nitrogen and oxygen atoms in total. The van der Waals surface area contributed by atoms with Crippen molar-refractivity contribution >= 4 is 28.8 Å². The molecule has 4 heteroatoms. The Bertz CT molecular complexity index is 469. The fraction of sp³-hybridized carbons (Fsp3) is 0.200. The van der Waals surface area contributed by atoms with Gasteiger partial charge in [-0.2, -0.15) is 0 Å². The molecule has 1 N–H and O–H groups in total. The van der Waals surface area contributed by atoms with Crippen molar-refractivity contribution in [2.45, 2.75) is 6.92 Å². The van der Waals surface area contributed by atoms with E-state index in [-0.39, 0.29) is 5.78 Å². The Kier molecular flexibility index (Phi) is 5.96. The van der Waals surface area contributed by atoms with Crippen molar-refractivity contribution in [3.63, 3.8) is 0 Å². The van der Waals surface area contributed by atoms with Gasteiger partial charge in [-0.05, 0) is 43.4 Å². The summed E-state index contributed by atoms with van der Waals surface area (Å²) in [6, 6.07) is 7.23. The number of anilines is 1. The number of thiocarbonyl (C=S) groups is 1. The van der Waals surface area contributed by atoms with E-state index in [1.54, 1.807) is 31.2 Å². The number of hydrogen-bond acceptors (Lipinski definition) is 2. The smallest absolute Gasteiger partial charge is 0.173 e. The molecule has 0 unspecified atom stereocenters. The molecule has 0 aliphatic rings. The van der Waals surface area contributed by atoms with Crippen LogP contribution in [0.25, 0.3) is 0 Å². The van der Waals surface area contributed by atoms with Gasteiger partial charge < -0.3 is 10.2 Å². The molecule has 1 aromatic carbocycles. The van der Waals surface area contributed by atoms with Crippen LogP contribution in [0, 0.1) is 0 Å². The summed E-state index contributed by atoms with van der Waals surface area (Å²) in [5, 5.41) is 3.74. The normalized spacial score (nSPS) is 9.53. The van der Waals surface area contributed by atoms with Crippen molar-refractivity contribution in [1.82, 2.24) is 4.90 Å². The molecule has 0 aliphatic heterocycles. The van der Waals surface area contributed by atoms with Crippen LogP contribution in [0.1, 0.15) is 17.3 Å². The molecule has 0 bridgehead atoms. The molecule has 0 atom stereocenters. The number of benzene rings is 1. The summed E-state index contributed by atoms with van der Waals surface area (Å²) in [7, 11) is 0. The third kappa shape index (κ3) is 4.67. The largest absolute Gasteiger partial charge is 0.342 e. The quantitative estimate of drug-likeness (QED) is 0.490. The third-order valence-electron chi connectivity index (χ3n) is 2.53. The van der Waals surface area contributed by atoms with Gasteiger partial charge in [0, 0.05) is 24.3 Å². The standard InChI is InChI=1S/C15H18N2OS/c1-4-10-17(11-5-2)15(19)16-14-8-6-13(7-9-14)12(3)18/h4-9H,1-2,10-11H2,3H3,(H,16,19). The second-order valence-electron chi connectivity index (χ2n) is 4.05. The highest BCUT2D eigenvalue weighted by Gasteiger charge is 2.06. The molecule has 0 radical (unpaired) electrons. The lowest BCUT2D eigenvalue weighted by atomic mass is 10.1. The SMILES string of the molecule is C=CCN(CC=C)C(=S)Nc1ccc(C(C)=O)cc1. The van der Waals surface area contributed by atoms with Crippen LogP contribution in [0.3, 0.4) is 0 Å². The molecule has 100 valence electrons. The van der Waals surface area contributed by atoms with Gasteiger partial charge in [0.2, 0.25) is 0 Å². The maximum atomic E-state index is 11.2. The maximum absolute atomic E-state index is 11.2. The first-order chi connectivity index (χ1) is 9.08. The molecular weight excluding hydrogens is 256 g/mol. The minimum absolute atomic E-state index is 0.0501. The molecule has 0 saturated heterocycles. The summed E-state index contributed by atoms with van der Waals surface area (Å²) in [5.41, 5.74) is 1.54. The first kappa shape index (κ1) is 15.1. The Hall–Kier alpha value is -1.94. The number of ketones is 1. The zero-order valence-electron chi connectivity index (χ0n) is 11.1. The van der Waals surface area contributed by atoms with E-state index >= 15 is 0 Å². The van der Waals surface area contributed by atoms with Gasteiger partial charge in [-0.15, -0.1) is 13.2 Å². The van der Waals surface area contributed by atoms with Gasteiger partial charge in [0.15, 0.2) is 10.9 Å². The summed E-state index contributed by atoms with van der Waals surface area (Å²) < 4.78 is 0. The van der Waals surface area contributed by atoms with Crippen molar-refractivity contribution in [3.8, 4) is 0 Å². The summed E-state index contributed by atoms with van der Waals surface area (Å²) in [6.07, 6.45) is 3.58. The summed E-state index contributed by atoms with van der Waals surface area (Å²) in [5.74, 6) is 0.0501. The number of carbonyl (C=O) groups excluding carboxylic acids is 1. The number of nitrogens with zero attached hydrogens (tertiary/aromatic N) is 1. The maximum Gasteiger partial charge on any atom is 0.173 e. The minimum Gasteiger partial charge on any atom is -0.342 e. The lowest BCUT2D eigenvalue weighted by molar-refractivity contribution is 0.101. The molecule has 0 saturated carbocycles. The molecule has 19 heavy (non-hydrogen) atoms. The molecule has 0 heterocycles. The number of nitrogens with one attached hydrogen (secondary N) is 1. The van der Waals surface area contributed by atoms with E-state index in [0.717, 1.165) is 5.69 Å². The third-order valence-corrected chi connectivity index (χ3v) is 2.89. The molecule has 1 rings (SSSR count). The lowest BCUT2D eigenvalue weighted by Gasteiger charge is -2.23. The minimum atomic E-state index is 0.0501. The van der Waals surface area contributed by atoms with E-state index in [9.17, 15) is 4.79 Å². The van der Waals surface area contributed by atoms with Crippen LogP contribution < -0.4 is 5.32 Å². The molecule has 0 aliphatic carbocycles. The van der Waals surface area contributed by atoms with Crippen molar-refractivity contribution in [2.75, 3.05) is 18.4 Å². The highest BCUT2D eigenvalue weighted by Crippen LogP contribution is 2.11. The Morgan fingerprint density at radius 3 is 2.21 bits per heavy atom. The fourth-order valence-electron chi connectivity index (χ4n) is 1.54. The van der Waals surface area contributed by atoms with Crippen LogP contribution in [-0.2, 0) is 0 Å². The molecule has 0 aromatic heterocycles. The summed E-state index contributed by atoms with van der Waals surface area (Å²) >= 11 is 5.33. The Labute approximate surface area is 119 Å². The first-order valence-corrected chi connectivity index (χ1v) is 6.38. The van der Waals surface area contributed by atoms with E-state index in [2.05, 4.69) is 18.5 Å². The van der Waals surface area contributed by atoms with Gasteiger partial charge >= 0.3 is 0 Å². The van der Waals surface area contributed by atoms with Crippen molar-refractivity contribution < 1.29 is 4.79 Å². The van der Waals surface area contributed by atoms with Crippen LogP contribution in [0.4, 0.5) is 5.69 Å². The van der Waals surface area contributed by atoms with Crippen LogP contribution in [-0.4, -0.2) is 28.9 Å². The molecule has 0 amide bonds. The average molecular weight is 274 g/mol. The van der Waals surface area contributed by atoms with Gasteiger partial charge in [-0.25, -0.2) is 0 Å². The van der Waals surface area contributed by atoms with E-state index in [0.29, 0.717) is 23.8 Å². The second-order valence-corrected chi connectivity index (χ2v) is 4.43. The lowest BCUT2D eigenvalue weighted by Crippen LogP contribution is -2.34. The van der Waals surface area contributed by atoms with Crippen LogP contribution in [0.5, 0.6) is 0 Å². The van der Waals surface area contributed by atoms with E-state index < -0.39 is 0 Å². The van der Waals surface area contributed by atoms with Crippen LogP contribution in [0.2, 0.25) is 0 Å². The van der Waals surface area contributed by atoms with E-state index in [1.165, 1.54) is 0 Å². The second kappa shape index (κ2) is 7.48. The van der Waals surface area contributed by atoms with E-state index in [1.807, 2.05) is 17.0 Å². The van der Waals surface area contributed by atoms with Crippen molar-refractivity contribution in [3.05, 3.63) is 55.1 Å². The fourth-order valence-corrected chi connectivity index (χ4v) is 1.81. The molecule has 1 aromatic rings. The highest BCUT2D eigenvalue weighted by molar-refractivity contribution is 7.80. The van der Waals surface area contributed by atoms with Gasteiger partial charge in [0.1, 0.15) is 0 Å². The highest BCUT2D eigenvalue weighted by atomic mass is 32.1. The predicted molar refractivity (Wildman–Crippen MR) is 84.6 cm³/mol. The van der Waals surface area contributed by atoms with Crippen molar-refractivity contribution in [1.29, 1.82) is 0 Å². The zero-order valence-corrected chi connectivity index (χ0v) is 11.9. The topological polar surface area (TPSA) is 32.3 Å². The molecule has 0 fully saturated rings. The number of carbonyl (C=O) groups is 1.